The van der Waals surface area contributed by atoms with E-state index < -0.39 is 11.7 Å². The molecule has 0 fully saturated rings. The van der Waals surface area contributed by atoms with E-state index in [1.54, 1.807) is 55.5 Å². The Morgan fingerprint density at radius 2 is 1.81 bits per heavy atom. The Kier molecular flexibility index (Phi) is 7.60. The van der Waals surface area contributed by atoms with Gasteiger partial charge in [0, 0.05) is 17.6 Å². The van der Waals surface area contributed by atoms with Crippen LogP contribution < -0.4 is 5.32 Å². The van der Waals surface area contributed by atoms with Crippen LogP contribution in [0.15, 0.2) is 53.4 Å². The Balaban J connectivity index is 2.13. The lowest BCUT2D eigenvalue weighted by atomic mass is 10.1. The van der Waals surface area contributed by atoms with Gasteiger partial charge in [-0.15, -0.1) is 0 Å². The van der Waals surface area contributed by atoms with Gasteiger partial charge in [0.15, 0.2) is 0 Å². The first kappa shape index (κ1) is 20.7. The first-order valence-electron chi connectivity index (χ1n) is 8.22. The summed E-state index contributed by atoms with van der Waals surface area (Å²) in [6, 6.07) is 13.3. The summed E-state index contributed by atoms with van der Waals surface area (Å²) in [5, 5.41) is 3.11. The second kappa shape index (κ2) is 9.91. The van der Waals surface area contributed by atoms with Crippen LogP contribution in [0.1, 0.15) is 17.3 Å². The van der Waals surface area contributed by atoms with E-state index in [1.807, 2.05) is 0 Å². The molecule has 0 bridgehead atoms. The number of halogens is 2. The average Bonchev–Trinajstić information content (AvgIpc) is 2.63. The molecule has 1 N–H and O–H groups in total. The number of ether oxygens (including phenoxy) is 1. The van der Waals surface area contributed by atoms with E-state index in [1.165, 1.54) is 11.9 Å². The summed E-state index contributed by atoms with van der Waals surface area (Å²) in [7, 11) is 1.52. The number of para-hydroxylation sites is 1. The fourth-order valence-electron chi connectivity index (χ4n) is 2.33. The van der Waals surface area contributed by atoms with Crippen LogP contribution in [-0.4, -0.2) is 42.7 Å². The summed E-state index contributed by atoms with van der Waals surface area (Å²) in [6.07, 6.45) is 0. The van der Waals surface area contributed by atoms with Crippen molar-refractivity contribution in [3.63, 3.8) is 0 Å². The Bertz CT molecular complexity index is 785. The molecule has 0 aliphatic rings. The van der Waals surface area contributed by atoms with Crippen molar-refractivity contribution in [2.75, 3.05) is 25.5 Å². The molecule has 2 aromatic carbocycles. The number of hydrogen-bond acceptors (Lipinski definition) is 5. The lowest BCUT2D eigenvalue weighted by molar-refractivity contribution is -0.143. The highest BCUT2D eigenvalue weighted by Crippen LogP contribution is 2.28. The number of carbonyl (C=O) groups excluding carboxylic acids is 2. The fraction of sp³-hybridized carbons (Fsp3) is 0.263. The van der Waals surface area contributed by atoms with E-state index in [2.05, 4.69) is 5.32 Å². The highest BCUT2D eigenvalue weighted by atomic mass is 32.2. The Hall–Kier alpha value is -2.61. The van der Waals surface area contributed by atoms with Crippen LogP contribution in [0.3, 0.4) is 0 Å². The van der Waals surface area contributed by atoms with E-state index in [4.69, 9.17) is 4.74 Å². The summed E-state index contributed by atoms with van der Waals surface area (Å²) in [5.41, 5.74) is 1.59. The lowest BCUT2D eigenvalue weighted by Crippen LogP contribution is -2.33. The molecule has 0 spiro atoms. The first-order valence-corrected chi connectivity index (χ1v) is 9.10. The molecule has 0 saturated heterocycles. The van der Waals surface area contributed by atoms with Crippen LogP contribution >= 0.6 is 11.8 Å². The number of rotatable bonds is 8. The van der Waals surface area contributed by atoms with E-state index in [-0.39, 0.29) is 19.1 Å². The number of thioether (sulfide) groups is 1. The number of anilines is 2. The predicted molar refractivity (Wildman–Crippen MR) is 102 cm³/mol. The molecule has 0 unspecified atom stereocenters. The quantitative estimate of drug-likeness (QED) is 0.532. The topological polar surface area (TPSA) is 58.6 Å². The van der Waals surface area contributed by atoms with E-state index in [0.29, 0.717) is 33.6 Å². The first-order chi connectivity index (χ1) is 12.9. The van der Waals surface area contributed by atoms with Crippen molar-refractivity contribution < 1.29 is 23.1 Å². The van der Waals surface area contributed by atoms with Gasteiger partial charge in [-0.25, -0.2) is 0 Å². The number of nitrogens with zero attached hydrogens (tertiary/aromatic N) is 1. The molecule has 8 heteroatoms. The summed E-state index contributed by atoms with van der Waals surface area (Å²) >= 11 is 0.469. The molecule has 0 aromatic heterocycles. The molecule has 144 valence electrons. The van der Waals surface area contributed by atoms with Gasteiger partial charge in [0.2, 0.25) is 0 Å². The van der Waals surface area contributed by atoms with Gasteiger partial charge < -0.3 is 15.0 Å². The second-order valence-electron chi connectivity index (χ2n) is 5.54. The second-order valence-corrected chi connectivity index (χ2v) is 6.60. The zero-order valence-corrected chi connectivity index (χ0v) is 15.8. The molecular weight excluding hydrogens is 374 g/mol. The molecule has 0 aliphatic carbocycles. The third kappa shape index (κ3) is 6.25. The van der Waals surface area contributed by atoms with Crippen molar-refractivity contribution in [2.24, 2.45) is 0 Å². The average molecular weight is 394 g/mol. The van der Waals surface area contributed by atoms with Crippen molar-refractivity contribution >= 4 is 35.0 Å². The summed E-state index contributed by atoms with van der Waals surface area (Å²) in [6.45, 7) is 1.80. The molecular formula is C19H20F2N2O3S. The molecule has 0 saturated carbocycles. The van der Waals surface area contributed by atoms with Gasteiger partial charge in [0.05, 0.1) is 17.9 Å². The van der Waals surface area contributed by atoms with Gasteiger partial charge in [0.25, 0.3) is 11.7 Å². The zero-order chi connectivity index (χ0) is 19.8. The number of alkyl halides is 2. The van der Waals surface area contributed by atoms with Crippen molar-refractivity contribution in [2.45, 2.75) is 17.6 Å². The minimum Gasteiger partial charge on any atom is -0.465 e. The zero-order valence-electron chi connectivity index (χ0n) is 14.9. The number of esters is 1. The van der Waals surface area contributed by atoms with E-state index in [9.17, 15) is 18.4 Å². The molecule has 0 atom stereocenters. The maximum absolute atomic E-state index is 12.7. The Morgan fingerprint density at radius 3 is 2.44 bits per heavy atom. The number of carbonyl (C=O) groups is 2. The van der Waals surface area contributed by atoms with Crippen molar-refractivity contribution in [1.82, 2.24) is 4.90 Å². The largest absolute Gasteiger partial charge is 0.465 e. The number of nitrogens with one attached hydrogen (secondary N) is 1. The smallest absolute Gasteiger partial charge is 0.325 e. The van der Waals surface area contributed by atoms with E-state index in [0.717, 1.165) is 0 Å². The molecule has 1 amide bonds. The monoisotopic (exact) mass is 394 g/mol. The molecule has 0 radical (unpaired) electrons. The maximum atomic E-state index is 12.7. The van der Waals surface area contributed by atoms with Crippen LogP contribution in [0.4, 0.5) is 20.2 Å². The van der Waals surface area contributed by atoms with Gasteiger partial charge in [-0.3, -0.25) is 9.59 Å². The maximum Gasteiger partial charge on any atom is 0.325 e. The SMILES string of the molecule is CCOC(=O)CN(C)C(=O)c1ccccc1Nc1ccc(SC(F)F)cc1. The van der Waals surface area contributed by atoms with Crippen LogP contribution in [-0.2, 0) is 9.53 Å². The number of hydrogen-bond donors (Lipinski definition) is 1. The fourth-order valence-corrected chi connectivity index (χ4v) is 2.83. The minimum absolute atomic E-state index is 0.152. The van der Waals surface area contributed by atoms with Crippen LogP contribution in [0.5, 0.6) is 0 Å². The molecule has 2 rings (SSSR count). The third-order valence-corrected chi connectivity index (χ3v) is 4.26. The molecule has 5 nitrogen and oxygen atoms in total. The summed E-state index contributed by atoms with van der Waals surface area (Å²) < 4.78 is 29.7. The Morgan fingerprint density at radius 1 is 1.15 bits per heavy atom. The standard InChI is InChI=1S/C19H20F2N2O3S/c1-3-26-17(24)12-23(2)18(25)15-6-4-5-7-16(15)22-13-8-10-14(11-9-13)27-19(20)21/h4-11,19,22H,3,12H2,1-2H3. The summed E-state index contributed by atoms with van der Waals surface area (Å²) in [4.78, 5) is 26.0. The summed E-state index contributed by atoms with van der Waals surface area (Å²) in [5.74, 6) is -3.29. The van der Waals surface area contributed by atoms with Gasteiger partial charge >= 0.3 is 5.97 Å². The van der Waals surface area contributed by atoms with Crippen LogP contribution in [0.2, 0.25) is 0 Å². The lowest BCUT2D eigenvalue weighted by Gasteiger charge is -2.19. The highest BCUT2D eigenvalue weighted by molar-refractivity contribution is 7.99. The van der Waals surface area contributed by atoms with Gasteiger partial charge in [0.1, 0.15) is 6.54 Å². The van der Waals surface area contributed by atoms with Crippen molar-refractivity contribution in [3.05, 3.63) is 54.1 Å². The highest BCUT2D eigenvalue weighted by Gasteiger charge is 2.18. The van der Waals surface area contributed by atoms with Gasteiger partial charge in [-0.1, -0.05) is 23.9 Å². The minimum atomic E-state index is -2.47. The predicted octanol–water partition coefficient (Wildman–Crippen LogP) is 4.38. The van der Waals surface area contributed by atoms with Crippen molar-refractivity contribution in [3.8, 4) is 0 Å². The van der Waals surface area contributed by atoms with Gasteiger partial charge in [-0.2, -0.15) is 8.78 Å². The number of amides is 1. The van der Waals surface area contributed by atoms with Crippen LogP contribution in [0.25, 0.3) is 0 Å². The molecule has 0 aliphatic heterocycles. The number of benzene rings is 2. The van der Waals surface area contributed by atoms with Gasteiger partial charge in [-0.05, 0) is 43.3 Å². The van der Waals surface area contributed by atoms with Crippen molar-refractivity contribution in [1.29, 1.82) is 0 Å². The number of likely N-dealkylation sites (N-methyl/N-ethyl adjacent to an activating group) is 1. The molecule has 2 aromatic rings. The normalized spacial score (nSPS) is 10.6. The van der Waals surface area contributed by atoms with E-state index >= 15 is 0 Å². The third-order valence-electron chi connectivity index (χ3n) is 3.53. The molecule has 0 heterocycles. The van der Waals surface area contributed by atoms with Crippen LogP contribution in [0, 0.1) is 0 Å². The molecule has 27 heavy (non-hydrogen) atoms. The Labute approximate surface area is 160 Å².